The molecule has 1 atom stereocenters. The van der Waals surface area contributed by atoms with Gasteiger partial charge in [0.1, 0.15) is 0 Å². The lowest BCUT2D eigenvalue weighted by Crippen LogP contribution is -2.32. The number of benzene rings is 4. The Balaban J connectivity index is 1.75. The molecule has 4 aromatic rings. The second-order valence-electron chi connectivity index (χ2n) is 8.50. The maximum atomic E-state index is 13.5. The monoisotopic (exact) mass is 475 g/mol. The third kappa shape index (κ3) is 6.27. The van der Waals surface area contributed by atoms with Crippen LogP contribution in [0.1, 0.15) is 22.6 Å². The van der Waals surface area contributed by atoms with Gasteiger partial charge in [-0.1, -0.05) is 115 Å². The van der Waals surface area contributed by atoms with Gasteiger partial charge in [-0.25, -0.2) is 0 Å². The fourth-order valence-electron chi connectivity index (χ4n) is 4.23. The summed E-state index contributed by atoms with van der Waals surface area (Å²) in [6, 6.07) is 31.6. The van der Waals surface area contributed by atoms with Crippen LogP contribution in [-0.2, 0) is 9.59 Å². The van der Waals surface area contributed by atoms with E-state index in [2.05, 4.69) is 0 Å². The van der Waals surface area contributed by atoms with Crippen molar-refractivity contribution in [2.45, 2.75) is 5.92 Å². The minimum absolute atomic E-state index is 0.463. The van der Waals surface area contributed by atoms with Crippen molar-refractivity contribution in [1.82, 2.24) is 0 Å². The van der Waals surface area contributed by atoms with E-state index >= 15 is 0 Å². The molecule has 0 aliphatic heterocycles. The Kier molecular flexibility index (Phi) is 7.94. The van der Waals surface area contributed by atoms with Crippen molar-refractivity contribution in [3.63, 3.8) is 0 Å². The van der Waals surface area contributed by atoms with Crippen molar-refractivity contribution in [1.29, 1.82) is 0 Å². The Morgan fingerprint density at radius 2 is 1.19 bits per heavy atom. The van der Waals surface area contributed by atoms with Gasteiger partial charge in [-0.3, -0.25) is 19.7 Å². The van der Waals surface area contributed by atoms with Gasteiger partial charge >= 0.3 is 0 Å². The lowest BCUT2D eigenvalue weighted by Gasteiger charge is -2.21. The second kappa shape index (κ2) is 11.7. The van der Waals surface area contributed by atoms with Gasteiger partial charge in [0.2, 0.25) is 6.54 Å². The topological polar surface area (TPSA) is 77.3 Å². The van der Waals surface area contributed by atoms with Crippen LogP contribution in [0.5, 0.6) is 0 Å². The summed E-state index contributed by atoms with van der Waals surface area (Å²) < 4.78 is 0. The van der Waals surface area contributed by atoms with E-state index in [0.29, 0.717) is 5.56 Å². The van der Waals surface area contributed by atoms with Gasteiger partial charge in [0.15, 0.2) is 11.6 Å². The Morgan fingerprint density at radius 3 is 1.72 bits per heavy atom. The van der Waals surface area contributed by atoms with E-state index in [0.717, 1.165) is 21.9 Å². The van der Waals surface area contributed by atoms with E-state index in [1.54, 1.807) is 18.2 Å². The number of carbonyl (C=O) groups excluding carboxylic acids is 2. The van der Waals surface area contributed by atoms with Crippen molar-refractivity contribution in [2.75, 3.05) is 6.54 Å². The molecule has 0 saturated heterocycles. The van der Waals surface area contributed by atoms with Gasteiger partial charge in [0, 0.05) is 4.92 Å². The first-order chi connectivity index (χ1) is 17.5. The average molecular weight is 476 g/mol. The molecule has 0 aliphatic carbocycles. The molecular weight excluding hydrogens is 450 g/mol. The Morgan fingerprint density at radius 1 is 0.694 bits per heavy atom. The molecule has 0 amide bonds. The smallest absolute Gasteiger partial charge is 0.211 e. The molecule has 36 heavy (non-hydrogen) atoms. The Bertz CT molecular complexity index is 1360. The van der Waals surface area contributed by atoms with Crippen LogP contribution in [0.15, 0.2) is 115 Å². The van der Waals surface area contributed by atoms with Gasteiger partial charge in [-0.15, -0.1) is 0 Å². The second-order valence-corrected chi connectivity index (χ2v) is 8.50. The largest absolute Gasteiger partial charge is 0.294 e. The molecule has 0 saturated carbocycles. The molecule has 0 bridgehead atoms. The van der Waals surface area contributed by atoms with E-state index in [9.17, 15) is 19.7 Å². The molecule has 0 radical (unpaired) electrons. The maximum Gasteiger partial charge on any atom is 0.211 e. The van der Waals surface area contributed by atoms with Crippen molar-refractivity contribution in [3.05, 3.63) is 142 Å². The minimum atomic E-state index is -1.24. The number of nitro groups is 1. The molecule has 0 N–H and O–H groups in total. The summed E-state index contributed by atoms with van der Waals surface area (Å²) in [6.45, 7) is -0.543. The number of hydrogen-bond acceptors (Lipinski definition) is 4. The Labute approximate surface area is 209 Å². The molecule has 178 valence electrons. The van der Waals surface area contributed by atoms with Crippen LogP contribution < -0.4 is 0 Å². The van der Waals surface area contributed by atoms with Crippen LogP contribution in [0, 0.1) is 16.0 Å². The lowest BCUT2D eigenvalue weighted by molar-refractivity contribution is -0.484. The first-order valence-electron chi connectivity index (χ1n) is 11.7. The number of nitrogens with zero attached hydrogens (tertiary/aromatic N) is 1. The maximum absolute atomic E-state index is 13.5. The van der Waals surface area contributed by atoms with E-state index in [1.165, 1.54) is 12.2 Å². The number of fused-ring (bicyclic) bond motifs is 1. The molecule has 5 heteroatoms. The van der Waals surface area contributed by atoms with Gasteiger partial charge < -0.3 is 0 Å². The summed E-state index contributed by atoms with van der Waals surface area (Å²) in [6.07, 6.45) is 5.96. The molecule has 4 aromatic carbocycles. The predicted octanol–water partition coefficient (Wildman–Crippen LogP) is 6.38. The molecule has 5 nitrogen and oxygen atoms in total. The highest BCUT2D eigenvalue weighted by Crippen LogP contribution is 2.31. The third-order valence-corrected chi connectivity index (χ3v) is 6.04. The highest BCUT2D eigenvalue weighted by Gasteiger charge is 2.36. The van der Waals surface area contributed by atoms with Crippen molar-refractivity contribution >= 4 is 34.5 Å². The quantitative estimate of drug-likeness (QED) is 0.115. The van der Waals surface area contributed by atoms with Gasteiger partial charge in [0.25, 0.3) is 0 Å². The van der Waals surface area contributed by atoms with Crippen molar-refractivity contribution in [3.8, 4) is 0 Å². The summed E-state index contributed by atoms with van der Waals surface area (Å²) in [5.74, 6) is -3.11. The number of allylic oxidation sites excluding steroid dienone is 2. The zero-order valence-electron chi connectivity index (χ0n) is 19.6. The summed E-state index contributed by atoms with van der Waals surface area (Å²) in [5.41, 5.74) is 2.18. The summed E-state index contributed by atoms with van der Waals surface area (Å²) in [7, 11) is 0. The molecule has 0 heterocycles. The van der Waals surface area contributed by atoms with Crippen LogP contribution in [0.2, 0.25) is 0 Å². The molecule has 4 rings (SSSR count). The summed E-state index contributed by atoms with van der Waals surface area (Å²) in [5, 5.41) is 13.6. The summed E-state index contributed by atoms with van der Waals surface area (Å²) >= 11 is 0. The van der Waals surface area contributed by atoms with E-state index in [1.807, 2.05) is 97.1 Å². The number of carbonyl (C=O) groups is 2. The molecule has 0 fully saturated rings. The average Bonchev–Trinajstić information content (AvgIpc) is 2.91. The molecule has 0 aliphatic rings. The molecule has 0 aromatic heterocycles. The zero-order chi connectivity index (χ0) is 25.3. The standard InChI is InChI=1S/C31H25NO4/c33-29(19-15-23-9-3-1-4-10-23)31(30(34)20-16-24-11-5-2-6-12-24)28(22-32(35)36)27-18-17-25-13-7-8-14-26(25)21-27/h1-21,28,31H,22H2/b19-15+,20-16+/t28-/m1/s1. The lowest BCUT2D eigenvalue weighted by atomic mass is 9.79. The van der Waals surface area contributed by atoms with Crippen LogP contribution in [0.4, 0.5) is 0 Å². The first-order valence-corrected chi connectivity index (χ1v) is 11.7. The van der Waals surface area contributed by atoms with Crippen LogP contribution in [0.25, 0.3) is 22.9 Å². The molecule has 0 unspecified atom stereocenters. The fraction of sp³-hybridized carbons (Fsp3) is 0.0968. The van der Waals surface area contributed by atoms with Crippen LogP contribution >= 0.6 is 0 Å². The van der Waals surface area contributed by atoms with Crippen LogP contribution in [-0.4, -0.2) is 23.0 Å². The highest BCUT2D eigenvalue weighted by atomic mass is 16.6. The number of hydrogen-bond donors (Lipinski definition) is 0. The third-order valence-electron chi connectivity index (χ3n) is 6.04. The van der Waals surface area contributed by atoms with Gasteiger partial charge in [0.05, 0.1) is 11.8 Å². The van der Waals surface area contributed by atoms with Gasteiger partial charge in [-0.2, -0.15) is 0 Å². The molecule has 0 spiro atoms. The SMILES string of the molecule is O=C(/C=C/c1ccccc1)C(C(=O)/C=C/c1ccccc1)[C@H](C[N+](=O)[O-])c1ccc2ccccc2c1. The van der Waals surface area contributed by atoms with Gasteiger partial charge in [-0.05, 0) is 39.6 Å². The fourth-order valence-corrected chi connectivity index (χ4v) is 4.23. The number of ketones is 2. The van der Waals surface area contributed by atoms with E-state index in [4.69, 9.17) is 0 Å². The number of rotatable bonds is 10. The van der Waals surface area contributed by atoms with Crippen LogP contribution in [0.3, 0.4) is 0 Å². The van der Waals surface area contributed by atoms with Crippen molar-refractivity contribution < 1.29 is 14.5 Å². The van der Waals surface area contributed by atoms with E-state index < -0.39 is 34.9 Å². The predicted molar refractivity (Wildman–Crippen MR) is 143 cm³/mol. The summed E-state index contributed by atoms with van der Waals surface area (Å²) in [4.78, 5) is 38.2. The first kappa shape index (κ1) is 24.5. The minimum Gasteiger partial charge on any atom is -0.294 e. The molecular formula is C31H25NO4. The Hall–Kier alpha value is -4.64. The highest BCUT2D eigenvalue weighted by molar-refractivity contribution is 6.14. The van der Waals surface area contributed by atoms with E-state index in [-0.39, 0.29) is 0 Å². The zero-order valence-corrected chi connectivity index (χ0v) is 19.6. The normalized spacial score (nSPS) is 12.4. The van der Waals surface area contributed by atoms with Crippen molar-refractivity contribution in [2.24, 2.45) is 5.92 Å².